The lowest BCUT2D eigenvalue weighted by Gasteiger charge is -2.10. The van der Waals surface area contributed by atoms with Crippen LogP contribution < -0.4 is 0 Å². The van der Waals surface area contributed by atoms with Crippen molar-refractivity contribution in [3.63, 3.8) is 0 Å². The van der Waals surface area contributed by atoms with Crippen molar-refractivity contribution in [2.45, 2.75) is 37.6 Å². The molecule has 0 aromatic heterocycles. The molecule has 0 radical (unpaired) electrons. The summed E-state index contributed by atoms with van der Waals surface area (Å²) in [5.41, 5.74) is 0. The number of ether oxygens (including phenoxy) is 1. The molecule has 1 saturated heterocycles. The van der Waals surface area contributed by atoms with E-state index in [0.29, 0.717) is 0 Å². The van der Waals surface area contributed by atoms with Crippen LogP contribution in [0.2, 0.25) is 0 Å². The maximum atomic E-state index is 13.0. The van der Waals surface area contributed by atoms with Crippen LogP contribution in [0.3, 0.4) is 0 Å². The van der Waals surface area contributed by atoms with Gasteiger partial charge in [0, 0.05) is 5.92 Å². The highest BCUT2D eigenvalue weighted by atomic mass is 79.9. The zero-order valence-electron chi connectivity index (χ0n) is 6.18. The number of hydrogen-bond donors (Lipinski definition) is 0. The highest BCUT2D eigenvalue weighted by Crippen LogP contribution is 2.33. The molecule has 0 aromatic carbocycles. The molecule has 1 nitrogen and oxygen atoms in total. The average molecular weight is 211 g/mol. The van der Waals surface area contributed by atoms with Crippen LogP contribution >= 0.6 is 15.9 Å². The van der Waals surface area contributed by atoms with Crippen molar-refractivity contribution in [3.8, 4) is 0 Å². The smallest absolute Gasteiger partial charge is 0.144 e. The van der Waals surface area contributed by atoms with E-state index in [-0.39, 0.29) is 17.0 Å². The topological polar surface area (TPSA) is 9.23 Å². The van der Waals surface area contributed by atoms with Crippen LogP contribution in [0.5, 0.6) is 0 Å². The van der Waals surface area contributed by atoms with Crippen molar-refractivity contribution in [1.82, 2.24) is 0 Å². The van der Waals surface area contributed by atoms with Crippen molar-refractivity contribution in [1.29, 1.82) is 0 Å². The summed E-state index contributed by atoms with van der Waals surface area (Å²) < 4.78 is 18.3. The molecule has 0 spiro atoms. The Morgan fingerprint density at radius 2 is 2.20 bits per heavy atom. The normalized spacial score (nSPS) is 48.0. The third-order valence-corrected chi connectivity index (χ3v) is 2.77. The first-order chi connectivity index (χ1) is 4.66. The lowest BCUT2D eigenvalue weighted by molar-refractivity contribution is 0.0750. The molecule has 1 rings (SSSR count). The second kappa shape index (κ2) is 3.18. The maximum absolute atomic E-state index is 13.0. The predicted octanol–water partition coefficient (Wildman–Crippen LogP) is 2.49. The number of rotatable bonds is 1. The SMILES string of the molecule is CC[C@H]1O[C@@H](Br)C(F)[C@H]1C. The Kier molecular flexibility index (Phi) is 2.69. The Bertz CT molecular complexity index is 120. The lowest BCUT2D eigenvalue weighted by atomic mass is 10.0. The van der Waals surface area contributed by atoms with Gasteiger partial charge in [0.15, 0.2) is 0 Å². The van der Waals surface area contributed by atoms with Gasteiger partial charge in [-0.3, -0.25) is 0 Å². The van der Waals surface area contributed by atoms with Crippen LogP contribution in [-0.4, -0.2) is 17.3 Å². The molecule has 0 aromatic rings. The Balaban J connectivity index is 2.53. The zero-order valence-corrected chi connectivity index (χ0v) is 7.77. The van der Waals surface area contributed by atoms with Crippen molar-refractivity contribution in [2.75, 3.05) is 0 Å². The minimum Gasteiger partial charge on any atom is -0.360 e. The highest BCUT2D eigenvalue weighted by Gasteiger charge is 2.39. The Labute approximate surface area is 69.1 Å². The summed E-state index contributed by atoms with van der Waals surface area (Å²) in [6.45, 7) is 3.90. The molecule has 1 unspecified atom stereocenters. The summed E-state index contributed by atoms with van der Waals surface area (Å²) in [5.74, 6) is 0.0365. The molecule has 60 valence electrons. The lowest BCUT2D eigenvalue weighted by Crippen LogP contribution is -2.17. The Hall–Kier alpha value is 0.370. The minimum absolute atomic E-state index is 0.0365. The van der Waals surface area contributed by atoms with E-state index in [1.165, 1.54) is 0 Å². The second-order valence-electron chi connectivity index (χ2n) is 2.74. The van der Waals surface area contributed by atoms with Gasteiger partial charge < -0.3 is 4.74 Å². The van der Waals surface area contributed by atoms with E-state index in [4.69, 9.17) is 4.74 Å². The summed E-state index contributed by atoms with van der Waals surface area (Å²) in [6, 6.07) is 0. The molecule has 10 heavy (non-hydrogen) atoms. The van der Waals surface area contributed by atoms with Gasteiger partial charge in [0.25, 0.3) is 0 Å². The number of alkyl halides is 2. The first-order valence-electron chi connectivity index (χ1n) is 3.60. The summed E-state index contributed by atoms with van der Waals surface area (Å²) in [7, 11) is 0. The zero-order chi connectivity index (χ0) is 7.72. The van der Waals surface area contributed by atoms with Crippen LogP contribution in [-0.2, 0) is 4.74 Å². The Morgan fingerprint density at radius 1 is 1.60 bits per heavy atom. The van der Waals surface area contributed by atoms with E-state index in [1.807, 2.05) is 13.8 Å². The molecule has 0 saturated carbocycles. The van der Waals surface area contributed by atoms with Gasteiger partial charge in [0.2, 0.25) is 0 Å². The molecule has 0 N–H and O–H groups in total. The third-order valence-electron chi connectivity index (χ3n) is 2.05. The number of hydrogen-bond acceptors (Lipinski definition) is 1. The molecule has 1 aliphatic heterocycles. The van der Waals surface area contributed by atoms with E-state index in [0.717, 1.165) is 6.42 Å². The summed E-state index contributed by atoms with van der Waals surface area (Å²) in [5, 5.41) is -0.382. The third kappa shape index (κ3) is 1.35. The second-order valence-corrected chi connectivity index (χ2v) is 3.64. The fraction of sp³-hybridized carbons (Fsp3) is 1.00. The first-order valence-corrected chi connectivity index (χ1v) is 4.52. The van der Waals surface area contributed by atoms with Crippen LogP contribution in [0.25, 0.3) is 0 Å². The molecule has 1 heterocycles. The quantitative estimate of drug-likeness (QED) is 0.605. The average Bonchev–Trinajstić information content (AvgIpc) is 2.17. The monoisotopic (exact) mass is 210 g/mol. The molecular formula is C7H12BrFO. The van der Waals surface area contributed by atoms with Gasteiger partial charge in [-0.05, 0) is 6.42 Å². The van der Waals surface area contributed by atoms with Gasteiger partial charge in [0.05, 0.1) is 6.10 Å². The fourth-order valence-electron chi connectivity index (χ4n) is 1.28. The van der Waals surface area contributed by atoms with Gasteiger partial charge in [-0.1, -0.05) is 29.8 Å². The molecule has 0 amide bonds. The molecule has 1 aliphatic rings. The number of halogens is 2. The molecular weight excluding hydrogens is 199 g/mol. The van der Waals surface area contributed by atoms with Crippen molar-refractivity contribution < 1.29 is 9.13 Å². The molecule has 3 heteroatoms. The summed E-state index contributed by atoms with van der Waals surface area (Å²) in [4.78, 5) is 0. The Morgan fingerprint density at radius 3 is 2.40 bits per heavy atom. The summed E-state index contributed by atoms with van der Waals surface area (Å²) >= 11 is 3.13. The highest BCUT2D eigenvalue weighted by molar-refractivity contribution is 9.09. The van der Waals surface area contributed by atoms with Crippen molar-refractivity contribution in [3.05, 3.63) is 0 Å². The van der Waals surface area contributed by atoms with Gasteiger partial charge in [-0.2, -0.15) is 0 Å². The van der Waals surface area contributed by atoms with Crippen molar-refractivity contribution in [2.24, 2.45) is 5.92 Å². The fourth-order valence-corrected chi connectivity index (χ4v) is 2.04. The van der Waals surface area contributed by atoms with Crippen LogP contribution in [0.1, 0.15) is 20.3 Å². The minimum atomic E-state index is -0.843. The first kappa shape index (κ1) is 8.47. The van der Waals surface area contributed by atoms with Gasteiger partial charge in [-0.15, -0.1) is 0 Å². The van der Waals surface area contributed by atoms with Gasteiger partial charge in [0.1, 0.15) is 11.2 Å². The van der Waals surface area contributed by atoms with E-state index in [1.54, 1.807) is 0 Å². The molecule has 1 fully saturated rings. The van der Waals surface area contributed by atoms with E-state index < -0.39 is 6.17 Å². The van der Waals surface area contributed by atoms with E-state index in [2.05, 4.69) is 15.9 Å². The van der Waals surface area contributed by atoms with Crippen LogP contribution in [0.15, 0.2) is 0 Å². The molecule has 4 atom stereocenters. The largest absolute Gasteiger partial charge is 0.360 e. The van der Waals surface area contributed by atoms with Gasteiger partial charge in [-0.25, -0.2) is 4.39 Å². The van der Waals surface area contributed by atoms with Crippen LogP contribution in [0, 0.1) is 5.92 Å². The molecule has 0 aliphatic carbocycles. The van der Waals surface area contributed by atoms with Gasteiger partial charge >= 0.3 is 0 Å². The van der Waals surface area contributed by atoms with Crippen molar-refractivity contribution >= 4 is 15.9 Å². The van der Waals surface area contributed by atoms with E-state index in [9.17, 15) is 4.39 Å². The van der Waals surface area contributed by atoms with Crippen LogP contribution in [0.4, 0.5) is 4.39 Å². The molecule has 0 bridgehead atoms. The summed E-state index contributed by atoms with van der Waals surface area (Å²) in [6.07, 6.45) is 0.147. The maximum Gasteiger partial charge on any atom is 0.144 e. The predicted molar refractivity (Wildman–Crippen MR) is 41.9 cm³/mol. The standard InChI is InChI=1S/C7H12BrFO/c1-3-5-4(2)6(9)7(8)10-5/h4-7H,3H2,1-2H3/t4-,5+,6?,7+/m0/s1. The van der Waals surface area contributed by atoms with E-state index >= 15 is 0 Å².